The van der Waals surface area contributed by atoms with E-state index in [1.54, 1.807) is 0 Å². The molecule has 0 amide bonds. The molecule has 1 aliphatic heterocycles. The number of ether oxygens (including phenoxy) is 1. The molecule has 0 aromatic rings. The van der Waals surface area contributed by atoms with Crippen molar-refractivity contribution in [1.29, 1.82) is 0 Å². The van der Waals surface area contributed by atoms with Crippen LogP contribution in [0, 0.1) is 0 Å². The first-order valence-corrected chi connectivity index (χ1v) is 23.8. The second kappa shape index (κ2) is 9.12. The molecule has 0 aromatic carbocycles. The first kappa shape index (κ1) is 26.2. The highest BCUT2D eigenvalue weighted by Gasteiger charge is 2.53. The molecule has 0 aliphatic carbocycles. The lowest BCUT2D eigenvalue weighted by atomic mass is 10.1. The topological polar surface area (TPSA) is 63.2 Å². The average Bonchev–Trinajstić information content (AvgIpc) is 2.66. The van der Waals surface area contributed by atoms with Crippen molar-refractivity contribution >= 4 is 39.2 Å². The third kappa shape index (κ3) is 9.79. The van der Waals surface area contributed by atoms with E-state index in [4.69, 9.17) is 22.4 Å². The zero-order valence-corrected chi connectivity index (χ0v) is 24.0. The smallest absolute Gasteiger partial charge is 0.337 e. The summed E-state index contributed by atoms with van der Waals surface area (Å²) in [6, 6.07) is 0. The number of hydrogen-bond acceptors (Lipinski definition) is 6. The molecule has 10 heteroatoms. The van der Waals surface area contributed by atoms with E-state index in [1.807, 2.05) is 0 Å². The van der Waals surface area contributed by atoms with E-state index >= 15 is 0 Å². The van der Waals surface area contributed by atoms with Crippen molar-refractivity contribution in [3.8, 4) is 0 Å². The zero-order valence-electron chi connectivity index (χ0n) is 20.0. The van der Waals surface area contributed by atoms with Gasteiger partial charge in [-0.25, -0.2) is 4.79 Å². The lowest BCUT2D eigenvalue weighted by Crippen LogP contribution is -2.53. The monoisotopic (exact) mass is 466 g/mol. The fraction of sp³-hybridized carbons (Fsp3) is 0.944. The Morgan fingerprint density at radius 1 is 0.786 bits per heavy atom. The van der Waals surface area contributed by atoms with E-state index in [0.29, 0.717) is 6.61 Å². The molecule has 1 aliphatic rings. The van der Waals surface area contributed by atoms with Crippen LogP contribution < -0.4 is 0 Å². The van der Waals surface area contributed by atoms with Gasteiger partial charge in [-0.05, 0) is 78.6 Å². The maximum Gasteiger partial charge on any atom is 0.337 e. The summed E-state index contributed by atoms with van der Waals surface area (Å²) in [6.45, 7) is 25.8. The van der Waals surface area contributed by atoms with Crippen LogP contribution in [0.15, 0.2) is 0 Å². The minimum Gasteiger partial charge on any atom is -0.455 e. The second-order valence-corrected chi connectivity index (χ2v) is 29.3. The molecular formula is C18H42O6Si4. The summed E-state index contributed by atoms with van der Waals surface area (Å²) in [4.78, 5) is 12.8. The van der Waals surface area contributed by atoms with Crippen molar-refractivity contribution in [2.75, 3.05) is 6.61 Å². The number of esters is 1. The Morgan fingerprint density at radius 3 is 1.68 bits per heavy atom. The molecule has 0 aromatic heterocycles. The normalized spacial score (nSPS) is 25.7. The summed E-state index contributed by atoms with van der Waals surface area (Å²) < 4.78 is 31.1. The molecule has 1 heterocycles. The number of carbonyl (C=O) groups excluding carboxylic acids is 1. The van der Waals surface area contributed by atoms with Gasteiger partial charge in [-0.1, -0.05) is 0 Å². The van der Waals surface area contributed by atoms with Gasteiger partial charge in [0.25, 0.3) is 0 Å². The van der Waals surface area contributed by atoms with Crippen molar-refractivity contribution in [3.63, 3.8) is 0 Å². The second-order valence-electron chi connectivity index (χ2n) is 11.4. The fourth-order valence-electron chi connectivity index (χ4n) is 2.88. The lowest BCUT2D eigenvalue weighted by molar-refractivity contribution is -0.150. The minimum absolute atomic E-state index is 0.340. The highest BCUT2D eigenvalue weighted by molar-refractivity contribution is 6.71. The Labute approximate surface area is 176 Å². The molecule has 0 saturated carbocycles. The summed E-state index contributed by atoms with van der Waals surface area (Å²) in [6.07, 6.45) is -2.01. The van der Waals surface area contributed by atoms with E-state index < -0.39 is 51.6 Å². The van der Waals surface area contributed by atoms with Crippen molar-refractivity contribution in [3.05, 3.63) is 0 Å². The van der Waals surface area contributed by atoms with Crippen LogP contribution in [0.25, 0.3) is 0 Å². The van der Waals surface area contributed by atoms with Gasteiger partial charge in [0, 0.05) is 0 Å². The SMILES string of the molecule is C[Si](C)(C)OC[C@H](O[Si](C)(C)C)[C@H]1OC(=O)[C@@H](O[Si](C)(C)C)[C@H]1O[Si](C)(C)C. The molecule has 0 spiro atoms. The number of hydrogen-bond donors (Lipinski definition) is 0. The predicted molar refractivity (Wildman–Crippen MR) is 124 cm³/mol. The van der Waals surface area contributed by atoms with Crippen LogP contribution in [-0.4, -0.2) is 70.3 Å². The van der Waals surface area contributed by atoms with Gasteiger partial charge in [-0.15, -0.1) is 0 Å². The zero-order chi connectivity index (χ0) is 22.1. The van der Waals surface area contributed by atoms with Crippen LogP contribution in [0.3, 0.4) is 0 Å². The molecule has 1 fully saturated rings. The molecule has 1 saturated heterocycles. The largest absolute Gasteiger partial charge is 0.455 e. The van der Waals surface area contributed by atoms with Gasteiger partial charge in [0.05, 0.1) is 6.61 Å². The van der Waals surface area contributed by atoms with Crippen LogP contribution in [0.4, 0.5) is 0 Å². The first-order chi connectivity index (χ1) is 12.3. The summed E-state index contributed by atoms with van der Waals surface area (Å²) in [7, 11) is -7.56. The molecule has 166 valence electrons. The molecular weight excluding hydrogens is 425 g/mol. The maximum atomic E-state index is 12.8. The third-order valence-electron chi connectivity index (χ3n) is 3.63. The first-order valence-electron chi connectivity index (χ1n) is 10.2. The molecule has 4 atom stereocenters. The van der Waals surface area contributed by atoms with Crippen LogP contribution in [0.5, 0.6) is 0 Å². The highest BCUT2D eigenvalue weighted by atomic mass is 28.4. The van der Waals surface area contributed by atoms with Crippen LogP contribution >= 0.6 is 0 Å². The molecule has 28 heavy (non-hydrogen) atoms. The van der Waals surface area contributed by atoms with E-state index in [-0.39, 0.29) is 12.1 Å². The molecule has 1 rings (SSSR count). The van der Waals surface area contributed by atoms with Crippen LogP contribution in [0.1, 0.15) is 0 Å². The number of rotatable bonds is 10. The number of cyclic esters (lactones) is 1. The minimum atomic E-state index is -1.96. The van der Waals surface area contributed by atoms with Gasteiger partial charge in [0.2, 0.25) is 0 Å². The summed E-state index contributed by atoms with van der Waals surface area (Å²) in [5, 5.41) is 0. The summed E-state index contributed by atoms with van der Waals surface area (Å²) >= 11 is 0. The van der Waals surface area contributed by atoms with Gasteiger partial charge in [0.15, 0.2) is 45.5 Å². The Bertz CT molecular complexity index is 530. The molecule has 0 N–H and O–H groups in total. The van der Waals surface area contributed by atoms with Crippen molar-refractivity contribution in [2.24, 2.45) is 0 Å². The van der Waals surface area contributed by atoms with Crippen LogP contribution in [0.2, 0.25) is 78.6 Å². The third-order valence-corrected chi connectivity index (χ3v) is 7.61. The van der Waals surface area contributed by atoms with E-state index in [1.165, 1.54) is 0 Å². The van der Waals surface area contributed by atoms with Gasteiger partial charge >= 0.3 is 5.97 Å². The van der Waals surface area contributed by atoms with E-state index in [9.17, 15) is 4.79 Å². The lowest BCUT2D eigenvalue weighted by Gasteiger charge is -2.36. The molecule has 0 radical (unpaired) electrons. The van der Waals surface area contributed by atoms with Crippen molar-refractivity contribution in [2.45, 2.75) is 103 Å². The van der Waals surface area contributed by atoms with Gasteiger partial charge in [0.1, 0.15) is 12.2 Å². The average molecular weight is 467 g/mol. The van der Waals surface area contributed by atoms with Gasteiger partial charge < -0.3 is 22.4 Å². The Balaban J connectivity index is 3.20. The maximum absolute atomic E-state index is 12.8. The van der Waals surface area contributed by atoms with Gasteiger partial charge in [-0.2, -0.15) is 0 Å². The van der Waals surface area contributed by atoms with E-state index in [0.717, 1.165) is 0 Å². The Kier molecular flexibility index (Phi) is 8.54. The summed E-state index contributed by atoms with van der Waals surface area (Å²) in [5.74, 6) is -0.340. The van der Waals surface area contributed by atoms with E-state index in [2.05, 4.69) is 78.6 Å². The summed E-state index contributed by atoms with van der Waals surface area (Å²) in [5.41, 5.74) is 0. The quantitative estimate of drug-likeness (QED) is 0.351. The number of carbonyl (C=O) groups is 1. The Morgan fingerprint density at radius 2 is 1.29 bits per heavy atom. The highest BCUT2D eigenvalue weighted by Crippen LogP contribution is 2.31. The molecule has 0 bridgehead atoms. The fourth-order valence-corrected chi connectivity index (χ4v) is 6.72. The van der Waals surface area contributed by atoms with Crippen LogP contribution in [-0.2, 0) is 27.2 Å². The Hall–Kier alpha value is 0.178. The standard InChI is InChI=1S/C18H42O6Si4/c1-25(2,3)20-13-14(22-26(4,5)6)15-16(23-27(7,8)9)17(18(19)21-15)24-28(10,11)12/h14-17H,13H2,1-12H3/t14-,15+,16-,17-/m0/s1. The predicted octanol–water partition coefficient (Wildman–Crippen LogP) is 4.42. The van der Waals surface area contributed by atoms with Gasteiger partial charge in [-0.3, -0.25) is 0 Å². The molecule has 0 unspecified atom stereocenters. The molecule has 6 nitrogen and oxygen atoms in total. The van der Waals surface area contributed by atoms with Crippen molar-refractivity contribution in [1.82, 2.24) is 0 Å². The van der Waals surface area contributed by atoms with Crippen molar-refractivity contribution < 1.29 is 27.2 Å².